The smallest absolute Gasteiger partial charge is 0.154 e. The minimum atomic E-state index is 0.577. The van der Waals surface area contributed by atoms with Crippen molar-refractivity contribution in [2.45, 2.75) is 6.42 Å². The molecule has 0 bridgehead atoms. The molecule has 0 saturated heterocycles. The van der Waals surface area contributed by atoms with E-state index in [1.807, 2.05) is 30.5 Å². The van der Waals surface area contributed by atoms with Gasteiger partial charge < -0.3 is 14.6 Å². The Bertz CT molecular complexity index is 673. The number of rotatable bonds is 3. The first-order chi connectivity index (χ1) is 8.81. The largest absolute Gasteiger partial charge is 0.463 e. The lowest BCUT2D eigenvalue weighted by Crippen LogP contribution is -2.06. The quantitative estimate of drug-likeness (QED) is 0.809. The van der Waals surface area contributed by atoms with Gasteiger partial charge in [-0.1, -0.05) is 0 Å². The van der Waals surface area contributed by atoms with Gasteiger partial charge in [0.2, 0.25) is 0 Å². The van der Waals surface area contributed by atoms with Crippen molar-refractivity contribution in [1.82, 2.24) is 9.38 Å². The van der Waals surface area contributed by atoms with Crippen molar-refractivity contribution in [2.24, 2.45) is 5.73 Å². The van der Waals surface area contributed by atoms with Crippen molar-refractivity contribution >= 4 is 21.6 Å². The van der Waals surface area contributed by atoms with Crippen LogP contribution >= 0.6 is 15.9 Å². The van der Waals surface area contributed by atoms with Crippen molar-refractivity contribution in [3.63, 3.8) is 0 Å². The Balaban J connectivity index is 2.30. The number of hydrogen-bond acceptors (Lipinski definition) is 3. The summed E-state index contributed by atoms with van der Waals surface area (Å²) in [6.45, 7) is 0.577. The lowest BCUT2D eigenvalue weighted by molar-refractivity contribution is 0.579. The average Bonchev–Trinajstić information content (AvgIpc) is 2.98. The normalized spacial score (nSPS) is 11.2. The maximum Gasteiger partial charge on any atom is 0.154 e. The van der Waals surface area contributed by atoms with Crippen LogP contribution in [0.15, 0.2) is 45.6 Å². The monoisotopic (exact) mass is 305 g/mol. The Hall–Kier alpha value is -1.59. The number of hydrogen-bond donors (Lipinski definition) is 1. The van der Waals surface area contributed by atoms with Gasteiger partial charge in [-0.05, 0) is 46.7 Å². The minimum Gasteiger partial charge on any atom is -0.463 e. The highest BCUT2D eigenvalue weighted by Gasteiger charge is 2.16. The molecule has 92 valence electrons. The zero-order valence-electron chi connectivity index (χ0n) is 9.64. The number of furan rings is 1. The molecule has 2 N–H and O–H groups in total. The highest BCUT2D eigenvalue weighted by molar-refractivity contribution is 9.10. The van der Waals surface area contributed by atoms with Crippen molar-refractivity contribution in [3.8, 4) is 11.5 Å². The molecule has 0 aromatic carbocycles. The molecule has 3 heterocycles. The molecule has 3 aromatic heterocycles. The number of pyridine rings is 1. The molecule has 4 nitrogen and oxygen atoms in total. The molecule has 0 unspecified atom stereocenters. The summed E-state index contributed by atoms with van der Waals surface area (Å²) in [6, 6.07) is 7.72. The van der Waals surface area contributed by atoms with Crippen molar-refractivity contribution in [3.05, 3.63) is 46.9 Å². The number of fused-ring (bicyclic) bond motifs is 1. The van der Waals surface area contributed by atoms with E-state index in [0.29, 0.717) is 6.54 Å². The average molecular weight is 306 g/mol. The van der Waals surface area contributed by atoms with E-state index in [2.05, 4.69) is 25.3 Å². The summed E-state index contributed by atoms with van der Waals surface area (Å²) in [7, 11) is 0. The fourth-order valence-corrected chi connectivity index (χ4v) is 2.50. The molecule has 0 spiro atoms. The van der Waals surface area contributed by atoms with E-state index in [-0.39, 0.29) is 0 Å². The molecule has 0 amide bonds. The minimum absolute atomic E-state index is 0.577. The van der Waals surface area contributed by atoms with Crippen LogP contribution in [0.3, 0.4) is 0 Å². The third-order valence-corrected chi connectivity index (χ3v) is 3.46. The van der Waals surface area contributed by atoms with Gasteiger partial charge >= 0.3 is 0 Å². The summed E-state index contributed by atoms with van der Waals surface area (Å²) in [5, 5.41) is 0. The molecule has 0 aliphatic rings. The molecule has 0 saturated carbocycles. The third kappa shape index (κ3) is 1.76. The SMILES string of the molecule is NCCc1c(-c2ccco2)nc2c(Br)cccn12. The summed E-state index contributed by atoms with van der Waals surface area (Å²) in [5.74, 6) is 0.772. The third-order valence-electron chi connectivity index (χ3n) is 2.84. The first-order valence-corrected chi connectivity index (χ1v) is 6.50. The Morgan fingerprint density at radius 3 is 2.94 bits per heavy atom. The van der Waals surface area contributed by atoms with Crippen molar-refractivity contribution < 1.29 is 4.42 Å². The number of imidazole rings is 1. The van der Waals surface area contributed by atoms with E-state index in [9.17, 15) is 0 Å². The van der Waals surface area contributed by atoms with E-state index in [1.165, 1.54) is 0 Å². The van der Waals surface area contributed by atoms with Gasteiger partial charge in [0.1, 0.15) is 5.69 Å². The second kappa shape index (κ2) is 4.59. The van der Waals surface area contributed by atoms with Crippen LogP contribution in [0.2, 0.25) is 0 Å². The van der Waals surface area contributed by atoms with Crippen LogP contribution in [0, 0.1) is 0 Å². The topological polar surface area (TPSA) is 56.5 Å². The predicted octanol–water partition coefficient (Wildman–Crippen LogP) is 2.86. The fourth-order valence-electron chi connectivity index (χ4n) is 2.07. The van der Waals surface area contributed by atoms with E-state index < -0.39 is 0 Å². The standard InChI is InChI=1S/C13H12BrN3O/c14-9-3-1-7-17-10(5-6-15)12(16-13(9)17)11-4-2-8-18-11/h1-4,7-8H,5-6,15H2. The van der Waals surface area contributed by atoms with Gasteiger partial charge in [0.15, 0.2) is 11.4 Å². The van der Waals surface area contributed by atoms with Crippen LogP contribution in [0.4, 0.5) is 0 Å². The van der Waals surface area contributed by atoms with Gasteiger partial charge in [-0.3, -0.25) is 0 Å². The van der Waals surface area contributed by atoms with Crippen molar-refractivity contribution in [2.75, 3.05) is 6.54 Å². The number of aromatic nitrogens is 2. The molecule has 18 heavy (non-hydrogen) atoms. The van der Waals surface area contributed by atoms with Crippen LogP contribution in [0.25, 0.3) is 17.1 Å². The zero-order chi connectivity index (χ0) is 12.5. The Kier molecular flexibility index (Phi) is 2.93. The van der Waals surface area contributed by atoms with E-state index in [0.717, 1.165) is 33.7 Å². The zero-order valence-corrected chi connectivity index (χ0v) is 11.2. The Morgan fingerprint density at radius 1 is 1.33 bits per heavy atom. The summed E-state index contributed by atoms with van der Waals surface area (Å²) >= 11 is 3.51. The van der Waals surface area contributed by atoms with Gasteiger partial charge in [0, 0.05) is 12.6 Å². The predicted molar refractivity (Wildman–Crippen MR) is 73.4 cm³/mol. The van der Waals surface area contributed by atoms with E-state index in [1.54, 1.807) is 6.26 Å². The number of nitrogens with zero attached hydrogens (tertiary/aromatic N) is 2. The highest BCUT2D eigenvalue weighted by Crippen LogP contribution is 2.28. The lowest BCUT2D eigenvalue weighted by atomic mass is 10.2. The van der Waals surface area contributed by atoms with Gasteiger partial charge in [0.05, 0.1) is 16.4 Å². The molecule has 3 rings (SSSR count). The Morgan fingerprint density at radius 2 is 2.22 bits per heavy atom. The first-order valence-electron chi connectivity index (χ1n) is 5.70. The van der Waals surface area contributed by atoms with E-state index >= 15 is 0 Å². The van der Waals surface area contributed by atoms with Crippen molar-refractivity contribution in [1.29, 1.82) is 0 Å². The van der Waals surface area contributed by atoms with Gasteiger partial charge in [-0.25, -0.2) is 4.98 Å². The number of nitrogens with two attached hydrogens (primary N) is 1. The molecular weight excluding hydrogens is 294 g/mol. The van der Waals surface area contributed by atoms with E-state index in [4.69, 9.17) is 10.2 Å². The van der Waals surface area contributed by atoms with Gasteiger partial charge in [-0.2, -0.15) is 0 Å². The Labute approximate surface area is 113 Å². The van der Waals surface area contributed by atoms with Crippen LogP contribution in [-0.4, -0.2) is 15.9 Å². The van der Waals surface area contributed by atoms with Crippen LogP contribution in [0.5, 0.6) is 0 Å². The summed E-state index contributed by atoms with van der Waals surface area (Å²) in [6.07, 6.45) is 4.40. The molecule has 0 radical (unpaired) electrons. The second-order valence-electron chi connectivity index (χ2n) is 3.97. The van der Waals surface area contributed by atoms with Crippen LogP contribution in [-0.2, 0) is 6.42 Å². The van der Waals surface area contributed by atoms with Crippen LogP contribution in [0.1, 0.15) is 5.69 Å². The molecule has 5 heteroatoms. The summed E-state index contributed by atoms with van der Waals surface area (Å²) in [4.78, 5) is 4.64. The highest BCUT2D eigenvalue weighted by atomic mass is 79.9. The van der Waals surface area contributed by atoms with Gasteiger partial charge in [-0.15, -0.1) is 0 Å². The lowest BCUT2D eigenvalue weighted by Gasteiger charge is -2.02. The van der Waals surface area contributed by atoms with Gasteiger partial charge in [0.25, 0.3) is 0 Å². The second-order valence-corrected chi connectivity index (χ2v) is 4.83. The molecule has 0 aliphatic heterocycles. The molecular formula is C13H12BrN3O. The summed E-state index contributed by atoms with van der Waals surface area (Å²) in [5.41, 5.74) is 8.50. The maximum absolute atomic E-state index is 5.69. The fraction of sp³-hybridized carbons (Fsp3) is 0.154. The molecule has 0 aliphatic carbocycles. The van der Waals surface area contributed by atoms with Crippen LogP contribution < -0.4 is 5.73 Å². The molecule has 0 fully saturated rings. The summed E-state index contributed by atoms with van der Waals surface area (Å²) < 4.78 is 8.45. The first kappa shape index (κ1) is 11.5. The molecule has 3 aromatic rings. The number of halogens is 1. The molecule has 0 atom stereocenters. The maximum atomic E-state index is 5.69.